The Kier molecular flexibility index (Phi) is 2.21. The van der Waals surface area contributed by atoms with Crippen molar-refractivity contribution in [2.24, 2.45) is 0 Å². The molecule has 2 heterocycles. The van der Waals surface area contributed by atoms with Gasteiger partial charge in [-0.3, -0.25) is 0 Å². The van der Waals surface area contributed by atoms with Gasteiger partial charge in [0, 0.05) is 17.6 Å². The molecule has 0 aliphatic carbocycles. The van der Waals surface area contributed by atoms with Crippen LogP contribution in [0.1, 0.15) is 12.0 Å². The van der Waals surface area contributed by atoms with Crippen molar-refractivity contribution in [3.63, 3.8) is 0 Å². The predicted octanol–water partition coefficient (Wildman–Crippen LogP) is 2.09. The molecule has 1 fully saturated rings. The van der Waals surface area contributed by atoms with Crippen molar-refractivity contribution < 1.29 is 4.87 Å². The Morgan fingerprint density at radius 2 is 2.29 bits per heavy atom. The first-order valence-electron chi connectivity index (χ1n) is 5.70. The molecule has 0 spiro atoms. The fourth-order valence-corrected chi connectivity index (χ4v) is 2.50. The summed E-state index contributed by atoms with van der Waals surface area (Å²) in [4.78, 5) is 14.7. The van der Waals surface area contributed by atoms with E-state index in [0.717, 1.165) is 34.8 Å². The van der Waals surface area contributed by atoms with Crippen molar-refractivity contribution in [2.45, 2.75) is 12.8 Å². The van der Waals surface area contributed by atoms with E-state index < -0.39 is 0 Å². The summed E-state index contributed by atoms with van der Waals surface area (Å²) >= 11 is 0. The van der Waals surface area contributed by atoms with Crippen molar-refractivity contribution in [1.82, 2.24) is 5.43 Å². The predicted molar refractivity (Wildman–Crippen MR) is 66.1 cm³/mol. The van der Waals surface area contributed by atoms with Crippen molar-refractivity contribution in [3.8, 4) is 0 Å². The highest BCUT2D eigenvalue weighted by Gasteiger charge is 2.41. The zero-order valence-corrected chi connectivity index (χ0v) is 9.52. The zero-order chi connectivity index (χ0) is 11.8. The van der Waals surface area contributed by atoms with Gasteiger partial charge in [0.2, 0.25) is 0 Å². The SMILES string of the molecule is C=CCC1=C2N(CN[N+]2=O)c2ccccc2C1. The van der Waals surface area contributed by atoms with Gasteiger partial charge in [-0.15, -0.1) is 6.58 Å². The summed E-state index contributed by atoms with van der Waals surface area (Å²) in [5, 5.41) is 0. The maximum Gasteiger partial charge on any atom is 0.350 e. The molecule has 1 aromatic rings. The van der Waals surface area contributed by atoms with Crippen LogP contribution in [0, 0.1) is 4.91 Å². The van der Waals surface area contributed by atoms with E-state index in [2.05, 4.69) is 24.1 Å². The van der Waals surface area contributed by atoms with Gasteiger partial charge in [-0.1, -0.05) is 24.3 Å². The Balaban J connectivity index is 2.13. The van der Waals surface area contributed by atoms with Crippen molar-refractivity contribution in [3.05, 3.63) is 58.8 Å². The van der Waals surface area contributed by atoms with Gasteiger partial charge in [0.05, 0.1) is 4.87 Å². The van der Waals surface area contributed by atoms with Crippen LogP contribution in [0.4, 0.5) is 5.69 Å². The lowest BCUT2D eigenvalue weighted by Gasteiger charge is -2.20. The molecule has 0 radical (unpaired) electrons. The number of nitrogens with zero attached hydrogens (tertiary/aromatic N) is 2. The van der Waals surface area contributed by atoms with E-state index in [-0.39, 0.29) is 0 Å². The number of nitrogens with one attached hydrogen (secondary N) is 1. The molecule has 1 aromatic carbocycles. The van der Waals surface area contributed by atoms with Gasteiger partial charge < -0.3 is 0 Å². The van der Waals surface area contributed by atoms with Gasteiger partial charge in [-0.25, -0.2) is 4.90 Å². The van der Waals surface area contributed by atoms with Crippen LogP contribution in [0.3, 0.4) is 0 Å². The molecule has 17 heavy (non-hydrogen) atoms. The highest BCUT2D eigenvalue weighted by Crippen LogP contribution is 2.35. The van der Waals surface area contributed by atoms with E-state index in [4.69, 9.17) is 0 Å². The lowest BCUT2D eigenvalue weighted by molar-refractivity contribution is -0.544. The summed E-state index contributed by atoms with van der Waals surface area (Å²) in [6.45, 7) is 4.29. The lowest BCUT2D eigenvalue weighted by atomic mass is 9.96. The van der Waals surface area contributed by atoms with Gasteiger partial charge in [0.25, 0.3) is 0 Å². The van der Waals surface area contributed by atoms with Crippen LogP contribution in [-0.4, -0.2) is 11.5 Å². The standard InChI is InChI=1S/C13H14N3O/c1-2-5-11-8-10-6-3-4-7-12(10)15-9-14-16(17)13(11)15/h2-4,6-7H,1,5,8-9H2,(H,14,17)/q+1. The number of fused-ring (bicyclic) bond motifs is 3. The average molecular weight is 228 g/mol. The molecule has 2 aliphatic heterocycles. The topological polar surface area (TPSA) is 35.4 Å². The van der Waals surface area contributed by atoms with Gasteiger partial charge in [0.1, 0.15) is 5.69 Å². The number of nitroso groups, excluding NO2 is 1. The molecular weight excluding hydrogens is 214 g/mol. The second-order valence-electron chi connectivity index (χ2n) is 4.26. The molecule has 0 aromatic heterocycles. The number of benzene rings is 1. The van der Waals surface area contributed by atoms with Crippen LogP contribution in [0.2, 0.25) is 0 Å². The molecule has 86 valence electrons. The fraction of sp³-hybridized carbons (Fsp3) is 0.231. The van der Waals surface area contributed by atoms with Gasteiger partial charge in [-0.2, -0.15) is 5.43 Å². The second-order valence-corrected chi connectivity index (χ2v) is 4.26. The number of hydrogen-bond acceptors (Lipinski definition) is 2. The van der Waals surface area contributed by atoms with Crippen LogP contribution in [-0.2, 0) is 6.42 Å². The minimum atomic E-state index is 0.538. The van der Waals surface area contributed by atoms with Crippen molar-refractivity contribution in [1.29, 1.82) is 0 Å². The van der Waals surface area contributed by atoms with Crippen LogP contribution in [0.5, 0.6) is 0 Å². The van der Waals surface area contributed by atoms with Crippen molar-refractivity contribution >= 4 is 5.69 Å². The van der Waals surface area contributed by atoms with Gasteiger partial charge >= 0.3 is 5.82 Å². The molecule has 0 bridgehead atoms. The summed E-state index contributed by atoms with van der Waals surface area (Å²) in [7, 11) is 0. The van der Waals surface area contributed by atoms with E-state index in [9.17, 15) is 4.91 Å². The maximum absolute atomic E-state index is 11.8. The summed E-state index contributed by atoms with van der Waals surface area (Å²) < 4.78 is 0. The van der Waals surface area contributed by atoms with Crippen LogP contribution < -0.4 is 10.3 Å². The zero-order valence-electron chi connectivity index (χ0n) is 9.52. The Hall–Kier alpha value is -2.10. The molecule has 2 aliphatic rings. The summed E-state index contributed by atoms with van der Waals surface area (Å²) in [6.07, 6.45) is 3.43. The number of para-hydroxylation sites is 1. The smallest absolute Gasteiger partial charge is 0.201 e. The first-order valence-corrected chi connectivity index (χ1v) is 5.70. The molecular formula is C13H14N3O+. The quantitative estimate of drug-likeness (QED) is 0.622. The molecule has 1 N–H and O–H groups in total. The largest absolute Gasteiger partial charge is 0.350 e. The summed E-state index contributed by atoms with van der Waals surface area (Å²) in [5.74, 6) is 0.739. The molecule has 0 saturated carbocycles. The number of allylic oxidation sites excluding steroid dienone is 2. The van der Waals surface area contributed by atoms with E-state index in [0.29, 0.717) is 6.67 Å². The maximum atomic E-state index is 11.8. The third-order valence-corrected chi connectivity index (χ3v) is 3.21. The monoisotopic (exact) mass is 228 g/mol. The van der Waals surface area contributed by atoms with Crippen LogP contribution in [0.15, 0.2) is 48.3 Å². The average Bonchev–Trinajstić information content (AvgIpc) is 2.73. The molecule has 0 unspecified atom stereocenters. The first-order chi connectivity index (χ1) is 8.31. The van der Waals surface area contributed by atoms with Crippen molar-refractivity contribution in [2.75, 3.05) is 11.6 Å². The molecule has 1 saturated heterocycles. The van der Waals surface area contributed by atoms with E-state index in [1.54, 1.807) is 0 Å². The van der Waals surface area contributed by atoms with Gasteiger partial charge in [0.15, 0.2) is 6.67 Å². The van der Waals surface area contributed by atoms with Gasteiger partial charge in [-0.05, 0) is 17.4 Å². The second kappa shape index (κ2) is 3.73. The molecule has 3 rings (SSSR count). The Morgan fingerprint density at radius 3 is 3.12 bits per heavy atom. The third-order valence-electron chi connectivity index (χ3n) is 3.21. The molecule has 4 nitrogen and oxygen atoms in total. The Morgan fingerprint density at radius 1 is 1.47 bits per heavy atom. The van der Waals surface area contributed by atoms with E-state index >= 15 is 0 Å². The first kappa shape index (κ1) is 10.1. The van der Waals surface area contributed by atoms with Crippen LogP contribution in [0.25, 0.3) is 0 Å². The molecule has 0 amide bonds. The highest BCUT2D eigenvalue weighted by atomic mass is 16.3. The Labute approximate surface area is 99.8 Å². The van der Waals surface area contributed by atoms with E-state index in [1.165, 1.54) is 5.56 Å². The number of hydrazine groups is 1. The normalized spacial score (nSPS) is 17.6. The molecule has 0 atom stereocenters. The number of anilines is 1. The fourth-order valence-electron chi connectivity index (χ4n) is 2.50. The lowest BCUT2D eigenvalue weighted by Crippen LogP contribution is -2.25. The number of rotatable bonds is 2. The Bertz CT molecular complexity index is 533. The minimum Gasteiger partial charge on any atom is -0.201 e. The van der Waals surface area contributed by atoms with E-state index in [1.807, 2.05) is 23.1 Å². The summed E-state index contributed by atoms with van der Waals surface area (Å²) in [5.41, 5.74) is 6.32. The van der Waals surface area contributed by atoms with Crippen LogP contribution >= 0.6 is 0 Å². The summed E-state index contributed by atoms with van der Waals surface area (Å²) in [6, 6.07) is 8.21. The highest BCUT2D eigenvalue weighted by molar-refractivity contribution is 5.62. The minimum absolute atomic E-state index is 0.538. The number of hydrogen-bond donors (Lipinski definition) is 1. The third kappa shape index (κ3) is 1.45. The molecule has 4 heteroatoms.